The molecule has 2 bridgehead atoms. The van der Waals surface area contributed by atoms with Gasteiger partial charge in [-0.05, 0) is 25.2 Å². The molecule has 0 aromatic rings. The summed E-state index contributed by atoms with van der Waals surface area (Å²) in [5, 5.41) is 3.52. The summed E-state index contributed by atoms with van der Waals surface area (Å²) in [6.07, 6.45) is 4.20. The summed E-state index contributed by atoms with van der Waals surface area (Å²) in [5.41, 5.74) is 5.56. The fourth-order valence-corrected chi connectivity index (χ4v) is 2.23. The lowest BCUT2D eigenvalue weighted by molar-refractivity contribution is 0.388. The average Bonchev–Trinajstić information content (AvgIpc) is 2.45. The Morgan fingerprint density at radius 3 is 2.27 bits per heavy atom. The van der Waals surface area contributed by atoms with Crippen molar-refractivity contribution in [3.63, 3.8) is 0 Å². The van der Waals surface area contributed by atoms with Crippen LogP contribution in [0.5, 0.6) is 0 Å². The largest absolute Gasteiger partial charge is 0.329 e. The number of piperidine rings is 1. The molecule has 0 spiro atoms. The number of halogens is 2. The average molecular weight is 199 g/mol. The van der Waals surface area contributed by atoms with Gasteiger partial charge in [0.2, 0.25) is 0 Å². The Kier molecular flexibility index (Phi) is 4.71. The van der Waals surface area contributed by atoms with Gasteiger partial charge in [0.05, 0.1) is 0 Å². The van der Waals surface area contributed by atoms with E-state index >= 15 is 0 Å². The standard InChI is InChI=1S/C7H14N2.2ClH/c8-4-7-5-1-2-6(3-5)9-7;;/h5-7,9H,1-4,8H2;2*1H. The quantitative estimate of drug-likeness (QED) is 0.659. The number of fused-ring (bicyclic) bond motifs is 2. The molecule has 3 atom stereocenters. The smallest absolute Gasteiger partial charge is 0.0221 e. The molecule has 0 aromatic heterocycles. The predicted octanol–water partition coefficient (Wildman–Crippen LogP) is 0.929. The molecule has 0 radical (unpaired) electrons. The molecule has 3 unspecified atom stereocenters. The van der Waals surface area contributed by atoms with Gasteiger partial charge in [0.15, 0.2) is 0 Å². The van der Waals surface area contributed by atoms with Crippen molar-refractivity contribution in [1.82, 2.24) is 5.32 Å². The Morgan fingerprint density at radius 1 is 1.27 bits per heavy atom. The van der Waals surface area contributed by atoms with E-state index in [0.29, 0.717) is 6.04 Å². The van der Waals surface area contributed by atoms with Crippen molar-refractivity contribution in [3.05, 3.63) is 0 Å². The summed E-state index contributed by atoms with van der Waals surface area (Å²) in [7, 11) is 0. The third-order valence-corrected chi connectivity index (χ3v) is 2.75. The Labute approximate surface area is 80.1 Å². The molecule has 0 aromatic carbocycles. The van der Waals surface area contributed by atoms with Crippen molar-refractivity contribution in [2.24, 2.45) is 11.7 Å². The van der Waals surface area contributed by atoms with Crippen molar-refractivity contribution >= 4 is 24.8 Å². The molecule has 2 aliphatic rings. The van der Waals surface area contributed by atoms with Gasteiger partial charge in [-0.25, -0.2) is 0 Å². The molecule has 1 aliphatic carbocycles. The van der Waals surface area contributed by atoms with Crippen LogP contribution in [0, 0.1) is 5.92 Å². The molecule has 1 saturated carbocycles. The molecular weight excluding hydrogens is 183 g/mol. The highest BCUT2D eigenvalue weighted by Crippen LogP contribution is 2.34. The first-order valence-corrected chi connectivity index (χ1v) is 3.86. The number of hydrogen-bond donors (Lipinski definition) is 2. The van der Waals surface area contributed by atoms with E-state index in [1.54, 1.807) is 0 Å². The van der Waals surface area contributed by atoms with Gasteiger partial charge >= 0.3 is 0 Å². The van der Waals surface area contributed by atoms with E-state index in [1.807, 2.05) is 0 Å². The first-order chi connectivity index (χ1) is 4.40. The predicted molar refractivity (Wildman–Crippen MR) is 51.6 cm³/mol. The molecule has 68 valence electrons. The summed E-state index contributed by atoms with van der Waals surface area (Å²) in [6.45, 7) is 0.834. The van der Waals surface area contributed by atoms with Crippen molar-refractivity contribution in [2.75, 3.05) is 6.54 Å². The number of nitrogens with two attached hydrogens (primary N) is 1. The summed E-state index contributed by atoms with van der Waals surface area (Å²) in [6, 6.07) is 1.48. The van der Waals surface area contributed by atoms with Crippen molar-refractivity contribution in [2.45, 2.75) is 31.3 Å². The third-order valence-electron chi connectivity index (χ3n) is 2.75. The summed E-state index contributed by atoms with van der Waals surface area (Å²) in [5.74, 6) is 0.917. The molecule has 4 heteroatoms. The monoisotopic (exact) mass is 198 g/mol. The maximum Gasteiger partial charge on any atom is 0.0221 e. The van der Waals surface area contributed by atoms with E-state index in [0.717, 1.165) is 18.5 Å². The lowest BCUT2D eigenvalue weighted by Gasteiger charge is -2.20. The van der Waals surface area contributed by atoms with Crippen LogP contribution in [-0.2, 0) is 0 Å². The van der Waals surface area contributed by atoms with Crippen molar-refractivity contribution < 1.29 is 0 Å². The Balaban J connectivity index is 0.000000500. The van der Waals surface area contributed by atoms with Crippen molar-refractivity contribution in [3.8, 4) is 0 Å². The minimum absolute atomic E-state index is 0. The molecule has 1 aliphatic heterocycles. The number of rotatable bonds is 1. The maximum absolute atomic E-state index is 5.56. The zero-order chi connectivity index (χ0) is 6.27. The highest BCUT2D eigenvalue weighted by Gasteiger charge is 2.37. The summed E-state index contributed by atoms with van der Waals surface area (Å²) < 4.78 is 0. The van der Waals surface area contributed by atoms with E-state index in [-0.39, 0.29) is 24.8 Å². The minimum Gasteiger partial charge on any atom is -0.329 e. The van der Waals surface area contributed by atoms with Gasteiger partial charge < -0.3 is 11.1 Å². The minimum atomic E-state index is 0. The Bertz CT molecular complexity index is 121. The van der Waals surface area contributed by atoms with Crippen LogP contribution >= 0.6 is 24.8 Å². The van der Waals surface area contributed by atoms with Crippen LogP contribution in [0.25, 0.3) is 0 Å². The van der Waals surface area contributed by atoms with Gasteiger partial charge in [0, 0.05) is 18.6 Å². The van der Waals surface area contributed by atoms with Crippen LogP contribution in [0.4, 0.5) is 0 Å². The first kappa shape index (κ1) is 11.5. The van der Waals surface area contributed by atoms with E-state index in [1.165, 1.54) is 19.3 Å². The molecule has 11 heavy (non-hydrogen) atoms. The normalized spacial score (nSPS) is 39.5. The number of hydrogen-bond acceptors (Lipinski definition) is 2. The summed E-state index contributed by atoms with van der Waals surface area (Å²) >= 11 is 0. The Hall–Kier alpha value is 0.500. The van der Waals surface area contributed by atoms with E-state index in [9.17, 15) is 0 Å². The lowest BCUT2D eigenvalue weighted by atomic mass is 10.0. The molecule has 2 nitrogen and oxygen atoms in total. The second-order valence-corrected chi connectivity index (χ2v) is 3.28. The second-order valence-electron chi connectivity index (χ2n) is 3.28. The van der Waals surface area contributed by atoms with Gasteiger partial charge in [-0.1, -0.05) is 0 Å². The van der Waals surface area contributed by atoms with Crippen molar-refractivity contribution in [1.29, 1.82) is 0 Å². The molecule has 1 saturated heterocycles. The summed E-state index contributed by atoms with van der Waals surface area (Å²) in [4.78, 5) is 0. The Morgan fingerprint density at radius 2 is 2.00 bits per heavy atom. The second kappa shape index (κ2) is 4.51. The topological polar surface area (TPSA) is 38.0 Å². The molecule has 1 heterocycles. The zero-order valence-corrected chi connectivity index (χ0v) is 8.09. The third kappa shape index (κ3) is 2.00. The maximum atomic E-state index is 5.56. The van der Waals surface area contributed by atoms with Crippen LogP contribution in [0.2, 0.25) is 0 Å². The van der Waals surface area contributed by atoms with E-state index in [2.05, 4.69) is 5.32 Å². The van der Waals surface area contributed by atoms with Crippen LogP contribution in [0.3, 0.4) is 0 Å². The van der Waals surface area contributed by atoms with E-state index < -0.39 is 0 Å². The molecule has 2 rings (SSSR count). The first-order valence-electron chi connectivity index (χ1n) is 3.86. The van der Waals surface area contributed by atoms with Crippen LogP contribution in [0.1, 0.15) is 19.3 Å². The van der Waals surface area contributed by atoms with Gasteiger partial charge in [-0.15, -0.1) is 24.8 Å². The molecule has 2 fully saturated rings. The fraction of sp³-hybridized carbons (Fsp3) is 1.00. The molecule has 0 amide bonds. The van der Waals surface area contributed by atoms with Gasteiger partial charge in [0.25, 0.3) is 0 Å². The SMILES string of the molecule is Cl.Cl.NCC1NC2CCC1C2. The van der Waals surface area contributed by atoms with Gasteiger partial charge in [-0.2, -0.15) is 0 Å². The zero-order valence-electron chi connectivity index (χ0n) is 6.45. The highest BCUT2D eigenvalue weighted by atomic mass is 35.5. The van der Waals surface area contributed by atoms with Gasteiger partial charge in [-0.3, -0.25) is 0 Å². The van der Waals surface area contributed by atoms with Crippen LogP contribution < -0.4 is 11.1 Å². The van der Waals surface area contributed by atoms with Gasteiger partial charge in [0.1, 0.15) is 0 Å². The van der Waals surface area contributed by atoms with Crippen LogP contribution in [0.15, 0.2) is 0 Å². The highest BCUT2D eigenvalue weighted by molar-refractivity contribution is 5.85. The fourth-order valence-electron chi connectivity index (χ4n) is 2.23. The van der Waals surface area contributed by atoms with E-state index in [4.69, 9.17) is 5.73 Å². The lowest BCUT2D eigenvalue weighted by Crippen LogP contribution is -2.40. The number of nitrogens with one attached hydrogen (secondary N) is 1. The molecule has 3 N–H and O–H groups in total. The molecular formula is C7H16Cl2N2. The van der Waals surface area contributed by atoms with Crippen LogP contribution in [-0.4, -0.2) is 18.6 Å².